The van der Waals surface area contributed by atoms with Gasteiger partial charge in [-0.05, 0) is 12.1 Å². The normalized spacial score (nSPS) is 12.2. The van der Waals surface area contributed by atoms with Crippen LogP contribution in [-0.4, -0.2) is 15.0 Å². The Bertz CT molecular complexity index is 889. The monoisotopic (exact) mass is 299 g/mol. The molecule has 1 N–H and O–H groups in total. The lowest BCUT2D eigenvalue weighted by Crippen LogP contribution is -2.23. The van der Waals surface area contributed by atoms with Crippen LogP contribution in [0.4, 0.5) is 13.2 Å². The average molecular weight is 300 g/mol. The highest BCUT2D eigenvalue weighted by Crippen LogP contribution is 2.30. The van der Waals surface area contributed by atoms with Crippen molar-refractivity contribution >= 4 is 33.5 Å². The molecule has 0 fully saturated rings. The van der Waals surface area contributed by atoms with Gasteiger partial charge in [0.05, 0.1) is 21.6 Å². The number of aromatic amines is 1. The first-order chi connectivity index (χ1) is 9.38. The van der Waals surface area contributed by atoms with E-state index in [0.29, 0.717) is 10.9 Å². The van der Waals surface area contributed by atoms with Gasteiger partial charge >= 0.3 is 6.18 Å². The molecule has 1 aromatic carbocycles. The van der Waals surface area contributed by atoms with Gasteiger partial charge in [0.15, 0.2) is 0 Å². The standard InChI is InChI=1S/C12H5ClF3N3O/c13-7-8-5(2-1-3-17-8)4-6-9(7)19-11(20)10(18-6)12(14,15)16/h1-4H,(H,19,20). The number of alkyl halides is 3. The van der Waals surface area contributed by atoms with Crippen LogP contribution < -0.4 is 5.56 Å². The summed E-state index contributed by atoms with van der Waals surface area (Å²) in [5.41, 5.74) is -2.44. The van der Waals surface area contributed by atoms with Crippen molar-refractivity contribution < 1.29 is 13.2 Å². The van der Waals surface area contributed by atoms with Crippen LogP contribution in [0.25, 0.3) is 21.9 Å². The van der Waals surface area contributed by atoms with E-state index in [9.17, 15) is 18.0 Å². The minimum Gasteiger partial charge on any atom is -0.317 e. The zero-order valence-electron chi connectivity index (χ0n) is 9.62. The first-order valence-electron chi connectivity index (χ1n) is 5.42. The Hall–Kier alpha value is -2.15. The molecule has 3 rings (SSSR count). The van der Waals surface area contributed by atoms with E-state index in [1.54, 1.807) is 12.1 Å². The minimum atomic E-state index is -4.82. The highest BCUT2D eigenvalue weighted by molar-refractivity contribution is 6.39. The number of aromatic nitrogens is 3. The Labute approximate surface area is 114 Å². The SMILES string of the molecule is O=c1[nH]c2c(Cl)c3ncccc3cc2nc1C(F)(F)F. The van der Waals surface area contributed by atoms with E-state index in [-0.39, 0.29) is 16.1 Å². The van der Waals surface area contributed by atoms with Crippen LogP contribution in [-0.2, 0) is 6.18 Å². The molecule has 0 amide bonds. The summed E-state index contributed by atoms with van der Waals surface area (Å²) in [4.78, 5) is 21.0. The number of halogens is 4. The molecule has 3 aromatic rings. The second-order valence-electron chi connectivity index (χ2n) is 4.07. The predicted molar refractivity (Wildman–Crippen MR) is 67.7 cm³/mol. The van der Waals surface area contributed by atoms with Gasteiger partial charge in [0.1, 0.15) is 0 Å². The third-order valence-electron chi connectivity index (χ3n) is 2.77. The molecule has 0 radical (unpaired) electrons. The fraction of sp³-hybridized carbons (Fsp3) is 0.0833. The second kappa shape index (κ2) is 4.17. The van der Waals surface area contributed by atoms with Crippen molar-refractivity contribution in [1.82, 2.24) is 15.0 Å². The number of rotatable bonds is 0. The molecule has 0 bridgehead atoms. The lowest BCUT2D eigenvalue weighted by atomic mass is 10.2. The van der Waals surface area contributed by atoms with Crippen molar-refractivity contribution in [1.29, 1.82) is 0 Å². The minimum absolute atomic E-state index is 0.0378. The van der Waals surface area contributed by atoms with Crippen molar-refractivity contribution in [3.8, 4) is 0 Å². The largest absolute Gasteiger partial charge is 0.438 e. The molecule has 0 aliphatic carbocycles. The van der Waals surface area contributed by atoms with Gasteiger partial charge in [-0.3, -0.25) is 9.78 Å². The van der Waals surface area contributed by atoms with E-state index in [4.69, 9.17) is 11.6 Å². The van der Waals surface area contributed by atoms with Gasteiger partial charge in [-0.2, -0.15) is 13.2 Å². The van der Waals surface area contributed by atoms with Crippen LogP contribution in [0.1, 0.15) is 5.69 Å². The first kappa shape index (κ1) is 12.9. The number of nitrogens with zero attached hydrogens (tertiary/aromatic N) is 2. The maximum Gasteiger partial charge on any atom is 0.438 e. The first-order valence-corrected chi connectivity index (χ1v) is 5.80. The average Bonchev–Trinajstić information content (AvgIpc) is 2.38. The highest BCUT2D eigenvalue weighted by atomic mass is 35.5. The van der Waals surface area contributed by atoms with E-state index in [1.807, 2.05) is 0 Å². The number of hydrogen-bond acceptors (Lipinski definition) is 3. The summed E-state index contributed by atoms with van der Waals surface area (Å²) in [6.07, 6.45) is -3.33. The number of nitrogens with one attached hydrogen (secondary N) is 1. The van der Waals surface area contributed by atoms with E-state index in [0.717, 1.165) is 0 Å². The van der Waals surface area contributed by atoms with E-state index in [1.165, 1.54) is 12.3 Å². The molecule has 4 nitrogen and oxygen atoms in total. The van der Waals surface area contributed by atoms with Crippen LogP contribution in [0.15, 0.2) is 29.2 Å². The van der Waals surface area contributed by atoms with Crippen molar-refractivity contribution in [2.45, 2.75) is 6.18 Å². The van der Waals surface area contributed by atoms with Crippen LogP contribution in [0.2, 0.25) is 5.02 Å². The lowest BCUT2D eigenvalue weighted by Gasteiger charge is -2.08. The summed E-state index contributed by atoms with van der Waals surface area (Å²) in [5, 5.41) is 0.606. The molecule has 0 aliphatic heterocycles. The number of benzene rings is 1. The number of pyridine rings is 1. The summed E-state index contributed by atoms with van der Waals surface area (Å²) in [7, 11) is 0. The molecule has 0 saturated heterocycles. The Balaban J connectivity index is 2.47. The van der Waals surface area contributed by atoms with Gasteiger partial charge in [0.25, 0.3) is 5.56 Å². The van der Waals surface area contributed by atoms with Crippen LogP contribution in [0.5, 0.6) is 0 Å². The molecule has 0 unspecified atom stereocenters. The maximum atomic E-state index is 12.7. The molecule has 2 heterocycles. The van der Waals surface area contributed by atoms with Gasteiger partial charge in [-0.15, -0.1) is 0 Å². The van der Waals surface area contributed by atoms with Crippen LogP contribution in [0, 0.1) is 0 Å². The summed E-state index contributed by atoms with van der Waals surface area (Å²) >= 11 is 6.06. The van der Waals surface area contributed by atoms with E-state index in [2.05, 4.69) is 15.0 Å². The third-order valence-corrected chi connectivity index (χ3v) is 3.14. The molecule has 0 atom stereocenters. The molecule has 8 heteroatoms. The number of hydrogen-bond donors (Lipinski definition) is 1. The molecule has 20 heavy (non-hydrogen) atoms. The van der Waals surface area contributed by atoms with Crippen molar-refractivity contribution in [3.05, 3.63) is 45.5 Å². The van der Waals surface area contributed by atoms with Gasteiger partial charge in [-0.1, -0.05) is 17.7 Å². The van der Waals surface area contributed by atoms with Gasteiger partial charge in [-0.25, -0.2) is 4.98 Å². The molecule has 0 aliphatic rings. The Morgan fingerprint density at radius 3 is 2.75 bits per heavy atom. The fourth-order valence-corrected chi connectivity index (χ4v) is 2.21. The smallest absolute Gasteiger partial charge is 0.317 e. The zero-order valence-corrected chi connectivity index (χ0v) is 10.4. The van der Waals surface area contributed by atoms with E-state index < -0.39 is 17.4 Å². The fourth-order valence-electron chi connectivity index (χ4n) is 1.91. The predicted octanol–water partition coefficient (Wildman–Crippen LogP) is 3.14. The quantitative estimate of drug-likeness (QED) is 0.649. The molecular weight excluding hydrogens is 295 g/mol. The number of fused-ring (bicyclic) bond motifs is 2. The van der Waals surface area contributed by atoms with Crippen molar-refractivity contribution in [2.75, 3.05) is 0 Å². The lowest BCUT2D eigenvalue weighted by molar-refractivity contribution is -0.142. The molecule has 0 spiro atoms. The molecule has 0 saturated carbocycles. The summed E-state index contributed by atoms with van der Waals surface area (Å²) < 4.78 is 38.0. The molecule has 2 aromatic heterocycles. The molecule has 102 valence electrons. The Morgan fingerprint density at radius 2 is 2.05 bits per heavy atom. The number of H-pyrrole nitrogens is 1. The van der Waals surface area contributed by atoms with Gasteiger partial charge in [0, 0.05) is 11.6 Å². The summed E-state index contributed by atoms with van der Waals surface area (Å²) in [6.45, 7) is 0. The highest BCUT2D eigenvalue weighted by Gasteiger charge is 2.36. The van der Waals surface area contributed by atoms with E-state index >= 15 is 0 Å². The van der Waals surface area contributed by atoms with Gasteiger partial charge < -0.3 is 4.98 Å². The van der Waals surface area contributed by atoms with Gasteiger partial charge in [0.2, 0.25) is 5.69 Å². The summed E-state index contributed by atoms with van der Waals surface area (Å²) in [5.74, 6) is 0. The maximum absolute atomic E-state index is 12.7. The topological polar surface area (TPSA) is 58.6 Å². The van der Waals surface area contributed by atoms with Crippen LogP contribution >= 0.6 is 11.6 Å². The second-order valence-corrected chi connectivity index (χ2v) is 4.45. The third kappa shape index (κ3) is 1.90. The Morgan fingerprint density at radius 1 is 1.30 bits per heavy atom. The zero-order chi connectivity index (χ0) is 14.5. The van der Waals surface area contributed by atoms with Crippen molar-refractivity contribution in [3.63, 3.8) is 0 Å². The molecular formula is C12H5ClF3N3O. The Kier molecular flexibility index (Phi) is 2.68. The van der Waals surface area contributed by atoms with Crippen molar-refractivity contribution in [2.24, 2.45) is 0 Å². The summed E-state index contributed by atoms with van der Waals surface area (Å²) in [6, 6.07) is 4.67. The van der Waals surface area contributed by atoms with Crippen LogP contribution in [0.3, 0.4) is 0 Å².